The van der Waals surface area contributed by atoms with Crippen LogP contribution >= 0.6 is 27.5 Å². The summed E-state index contributed by atoms with van der Waals surface area (Å²) in [6.45, 7) is 5.11. The van der Waals surface area contributed by atoms with E-state index in [1.807, 2.05) is 18.2 Å². The molecule has 1 atom stereocenters. The van der Waals surface area contributed by atoms with Gasteiger partial charge in [0.1, 0.15) is 0 Å². The zero-order valence-electron chi connectivity index (χ0n) is 11.1. The van der Waals surface area contributed by atoms with Gasteiger partial charge in [0.2, 0.25) is 0 Å². The molecule has 0 aromatic heterocycles. The molecule has 2 rings (SSSR count). The molecule has 0 radical (unpaired) electrons. The predicted octanol–water partition coefficient (Wildman–Crippen LogP) is 5.26. The highest BCUT2D eigenvalue weighted by atomic mass is 79.9. The van der Waals surface area contributed by atoms with E-state index in [-0.39, 0.29) is 0 Å². The monoisotopic (exact) mass is 337 g/mol. The average Bonchev–Trinajstić information content (AvgIpc) is 2.37. The number of halogens is 2. The molecular weight excluding hydrogens is 322 g/mol. The highest BCUT2D eigenvalue weighted by molar-refractivity contribution is 9.10. The van der Waals surface area contributed by atoms with Crippen molar-refractivity contribution in [3.63, 3.8) is 0 Å². The fraction of sp³-hybridized carbons (Fsp3) is 0.250. The van der Waals surface area contributed by atoms with Gasteiger partial charge in [0.05, 0.1) is 0 Å². The molecule has 1 nitrogen and oxygen atoms in total. The zero-order chi connectivity index (χ0) is 13.8. The lowest BCUT2D eigenvalue weighted by Crippen LogP contribution is -2.18. The lowest BCUT2D eigenvalue weighted by atomic mass is 10.1. The summed E-state index contributed by atoms with van der Waals surface area (Å²) in [4.78, 5) is 0. The molecule has 0 heterocycles. The molecular formula is C16H17BrClN. The summed E-state index contributed by atoms with van der Waals surface area (Å²) in [6, 6.07) is 14.7. The Kier molecular flexibility index (Phi) is 5.03. The first-order valence-electron chi connectivity index (χ1n) is 6.30. The Morgan fingerprint density at radius 3 is 2.68 bits per heavy atom. The molecule has 0 aliphatic carbocycles. The molecule has 19 heavy (non-hydrogen) atoms. The Bertz CT molecular complexity index is 568. The smallest absolute Gasteiger partial charge is 0.0408 e. The van der Waals surface area contributed by atoms with Gasteiger partial charge < -0.3 is 5.32 Å². The van der Waals surface area contributed by atoms with Gasteiger partial charge in [0, 0.05) is 22.1 Å². The second-order valence-electron chi connectivity index (χ2n) is 4.73. The average molecular weight is 339 g/mol. The Balaban J connectivity index is 2.02. The van der Waals surface area contributed by atoms with Crippen molar-refractivity contribution >= 4 is 27.5 Å². The third-order valence-corrected chi connectivity index (χ3v) is 3.98. The maximum absolute atomic E-state index is 5.97. The maximum atomic E-state index is 5.97. The van der Waals surface area contributed by atoms with Gasteiger partial charge in [-0.1, -0.05) is 45.7 Å². The van der Waals surface area contributed by atoms with Gasteiger partial charge in [0.25, 0.3) is 0 Å². The van der Waals surface area contributed by atoms with Crippen molar-refractivity contribution in [3.05, 3.63) is 68.7 Å². The first-order chi connectivity index (χ1) is 9.06. The van der Waals surface area contributed by atoms with E-state index >= 15 is 0 Å². The molecule has 0 aliphatic rings. The highest BCUT2D eigenvalue weighted by Crippen LogP contribution is 2.19. The van der Waals surface area contributed by atoms with Crippen LogP contribution in [0, 0.1) is 6.92 Å². The topological polar surface area (TPSA) is 12.0 Å². The standard InChI is InChI=1S/C16H17BrClN/c1-11-8-16(18)7-6-14(11)10-19-12(2)13-4-3-5-15(17)9-13/h3-9,12,19H,10H2,1-2H3/t12-/m1/s1. The van der Waals surface area contributed by atoms with E-state index in [0.717, 1.165) is 16.0 Å². The molecule has 0 aliphatic heterocycles. The minimum Gasteiger partial charge on any atom is -0.306 e. The molecule has 0 bridgehead atoms. The van der Waals surface area contributed by atoms with Crippen molar-refractivity contribution < 1.29 is 0 Å². The second-order valence-corrected chi connectivity index (χ2v) is 6.08. The van der Waals surface area contributed by atoms with Crippen LogP contribution in [0.3, 0.4) is 0 Å². The van der Waals surface area contributed by atoms with E-state index in [2.05, 4.69) is 59.4 Å². The first kappa shape index (κ1) is 14.6. The minimum atomic E-state index is 0.313. The van der Waals surface area contributed by atoms with Gasteiger partial charge in [-0.3, -0.25) is 0 Å². The largest absolute Gasteiger partial charge is 0.306 e. The highest BCUT2D eigenvalue weighted by Gasteiger charge is 2.06. The SMILES string of the molecule is Cc1cc(Cl)ccc1CN[C@H](C)c1cccc(Br)c1. The quantitative estimate of drug-likeness (QED) is 0.801. The van der Waals surface area contributed by atoms with Crippen LogP contribution in [-0.4, -0.2) is 0 Å². The van der Waals surface area contributed by atoms with Crippen molar-refractivity contribution in [1.29, 1.82) is 0 Å². The molecule has 2 aromatic carbocycles. The summed E-state index contributed by atoms with van der Waals surface area (Å²) >= 11 is 9.47. The summed E-state index contributed by atoms with van der Waals surface area (Å²) in [5, 5.41) is 4.33. The molecule has 0 fully saturated rings. The van der Waals surface area contributed by atoms with Crippen molar-refractivity contribution in [2.24, 2.45) is 0 Å². The Hall–Kier alpha value is -0.830. The normalized spacial score (nSPS) is 12.4. The summed E-state index contributed by atoms with van der Waals surface area (Å²) in [5.41, 5.74) is 3.79. The summed E-state index contributed by atoms with van der Waals surface area (Å²) in [5.74, 6) is 0. The van der Waals surface area contributed by atoms with Crippen molar-refractivity contribution in [2.75, 3.05) is 0 Å². The fourth-order valence-electron chi connectivity index (χ4n) is 2.01. The van der Waals surface area contributed by atoms with Crippen LogP contribution in [0.15, 0.2) is 46.9 Å². The third kappa shape index (κ3) is 4.07. The lowest BCUT2D eigenvalue weighted by molar-refractivity contribution is 0.573. The van der Waals surface area contributed by atoms with Gasteiger partial charge in [-0.05, 0) is 54.8 Å². The predicted molar refractivity (Wildman–Crippen MR) is 85.6 cm³/mol. The summed E-state index contributed by atoms with van der Waals surface area (Å²) in [6.07, 6.45) is 0. The Labute approximate surface area is 128 Å². The van der Waals surface area contributed by atoms with E-state index in [1.54, 1.807) is 0 Å². The molecule has 0 spiro atoms. The van der Waals surface area contributed by atoms with Crippen LogP contribution in [0.2, 0.25) is 5.02 Å². The molecule has 3 heteroatoms. The van der Waals surface area contributed by atoms with Gasteiger partial charge in [0.15, 0.2) is 0 Å². The molecule has 0 saturated heterocycles. The van der Waals surface area contributed by atoms with Crippen molar-refractivity contribution in [1.82, 2.24) is 5.32 Å². The maximum Gasteiger partial charge on any atom is 0.0408 e. The van der Waals surface area contributed by atoms with E-state index in [0.29, 0.717) is 6.04 Å². The van der Waals surface area contributed by atoms with E-state index in [9.17, 15) is 0 Å². The van der Waals surface area contributed by atoms with Crippen molar-refractivity contribution in [2.45, 2.75) is 26.4 Å². The number of hydrogen-bond donors (Lipinski definition) is 1. The minimum absolute atomic E-state index is 0.313. The van der Waals surface area contributed by atoms with Gasteiger partial charge in [-0.2, -0.15) is 0 Å². The molecule has 0 amide bonds. The zero-order valence-corrected chi connectivity index (χ0v) is 13.4. The second kappa shape index (κ2) is 6.56. The number of rotatable bonds is 4. The van der Waals surface area contributed by atoms with Gasteiger partial charge in [-0.25, -0.2) is 0 Å². The molecule has 100 valence electrons. The number of nitrogens with one attached hydrogen (secondary N) is 1. The van der Waals surface area contributed by atoms with E-state index in [1.165, 1.54) is 16.7 Å². The van der Waals surface area contributed by atoms with Crippen LogP contribution in [-0.2, 0) is 6.54 Å². The third-order valence-electron chi connectivity index (χ3n) is 3.25. The lowest BCUT2D eigenvalue weighted by Gasteiger charge is -2.16. The fourth-order valence-corrected chi connectivity index (χ4v) is 2.66. The van der Waals surface area contributed by atoms with Crippen molar-refractivity contribution in [3.8, 4) is 0 Å². The van der Waals surface area contributed by atoms with Crippen LogP contribution in [0.4, 0.5) is 0 Å². The molecule has 2 aromatic rings. The summed E-state index contributed by atoms with van der Waals surface area (Å²) < 4.78 is 1.11. The number of aryl methyl sites for hydroxylation is 1. The van der Waals surface area contributed by atoms with Gasteiger partial charge in [-0.15, -0.1) is 0 Å². The van der Waals surface area contributed by atoms with Gasteiger partial charge >= 0.3 is 0 Å². The van der Waals surface area contributed by atoms with Crippen LogP contribution in [0.1, 0.15) is 29.7 Å². The number of benzene rings is 2. The molecule has 0 unspecified atom stereocenters. The van der Waals surface area contributed by atoms with Crippen LogP contribution in [0.5, 0.6) is 0 Å². The Morgan fingerprint density at radius 1 is 1.21 bits per heavy atom. The Morgan fingerprint density at radius 2 is 2.00 bits per heavy atom. The van der Waals surface area contributed by atoms with Crippen LogP contribution < -0.4 is 5.32 Å². The number of hydrogen-bond acceptors (Lipinski definition) is 1. The first-order valence-corrected chi connectivity index (χ1v) is 7.47. The van der Waals surface area contributed by atoms with E-state index in [4.69, 9.17) is 11.6 Å². The van der Waals surface area contributed by atoms with Crippen LogP contribution in [0.25, 0.3) is 0 Å². The molecule has 1 N–H and O–H groups in total. The molecule has 0 saturated carbocycles. The summed E-state index contributed by atoms with van der Waals surface area (Å²) in [7, 11) is 0. The van der Waals surface area contributed by atoms with E-state index < -0.39 is 0 Å².